The first kappa shape index (κ1) is 27.2. The summed E-state index contributed by atoms with van der Waals surface area (Å²) in [5.74, 6) is 1.31. The van der Waals surface area contributed by atoms with E-state index in [1.165, 1.54) is 4.68 Å². The Morgan fingerprint density at radius 2 is 1.63 bits per heavy atom. The van der Waals surface area contributed by atoms with E-state index >= 15 is 0 Å². The molecule has 1 heterocycles. The highest BCUT2D eigenvalue weighted by Crippen LogP contribution is 2.30. The van der Waals surface area contributed by atoms with E-state index in [0.717, 1.165) is 39.6 Å². The fourth-order valence-electron chi connectivity index (χ4n) is 4.15. The monoisotopic (exact) mass is 528 g/mol. The highest BCUT2D eigenvalue weighted by atomic mass is 32.2. The van der Waals surface area contributed by atoms with Gasteiger partial charge in [-0.05, 0) is 54.5 Å². The van der Waals surface area contributed by atoms with Gasteiger partial charge in [-0.25, -0.2) is 4.68 Å². The minimum atomic E-state index is -0.164. The molecule has 1 aromatic heterocycles. The van der Waals surface area contributed by atoms with Crippen molar-refractivity contribution < 1.29 is 14.3 Å². The number of nitrogens with zero attached hydrogens (tertiary/aromatic N) is 2. The van der Waals surface area contributed by atoms with Crippen molar-refractivity contribution >= 4 is 17.7 Å². The van der Waals surface area contributed by atoms with Crippen molar-refractivity contribution in [2.75, 3.05) is 19.0 Å². The number of hydrogen-bond acceptors (Lipinski definition) is 6. The number of rotatable bonds is 13. The number of esters is 1. The average molecular weight is 529 g/mol. The molecule has 38 heavy (non-hydrogen) atoms. The van der Waals surface area contributed by atoms with Crippen molar-refractivity contribution in [3.05, 3.63) is 124 Å². The van der Waals surface area contributed by atoms with Gasteiger partial charge in [0.1, 0.15) is 12.4 Å². The van der Waals surface area contributed by atoms with Gasteiger partial charge in [0.2, 0.25) is 0 Å². The standard InChI is InChI=1S/C31H32N2O4S/c1-2-36-30(35)17-10-22-38-27-16-9-15-26(23-27)37-21-20-33-29(34)19-18-28(32-33)31(24-11-5-3-6-12-24)25-13-7-4-8-14-25/h3-9,11-16,18-19,23,31H,2,10,17,20-22H2,1H3. The molecule has 0 fully saturated rings. The van der Waals surface area contributed by atoms with Crippen LogP contribution < -0.4 is 10.3 Å². The summed E-state index contributed by atoms with van der Waals surface area (Å²) in [5, 5.41) is 4.73. The van der Waals surface area contributed by atoms with Gasteiger partial charge in [-0.3, -0.25) is 9.59 Å². The molecule has 0 amide bonds. The number of thioether (sulfide) groups is 1. The first-order valence-electron chi connectivity index (χ1n) is 12.8. The lowest BCUT2D eigenvalue weighted by Crippen LogP contribution is -2.26. The fourth-order valence-corrected chi connectivity index (χ4v) is 5.05. The van der Waals surface area contributed by atoms with E-state index in [4.69, 9.17) is 14.6 Å². The number of hydrogen-bond donors (Lipinski definition) is 0. The van der Waals surface area contributed by atoms with Crippen molar-refractivity contribution in [2.45, 2.75) is 37.1 Å². The highest BCUT2D eigenvalue weighted by Gasteiger charge is 2.19. The Morgan fingerprint density at radius 3 is 2.32 bits per heavy atom. The number of aromatic nitrogens is 2. The summed E-state index contributed by atoms with van der Waals surface area (Å²) < 4.78 is 12.4. The molecule has 7 heteroatoms. The van der Waals surface area contributed by atoms with Crippen molar-refractivity contribution in [3.63, 3.8) is 0 Å². The molecule has 0 bridgehead atoms. The van der Waals surface area contributed by atoms with E-state index in [9.17, 15) is 9.59 Å². The van der Waals surface area contributed by atoms with Crippen molar-refractivity contribution in [3.8, 4) is 5.75 Å². The minimum Gasteiger partial charge on any atom is -0.492 e. The van der Waals surface area contributed by atoms with Crippen LogP contribution in [0.4, 0.5) is 0 Å². The van der Waals surface area contributed by atoms with Crippen LogP contribution in [0.15, 0.2) is 107 Å². The predicted molar refractivity (Wildman–Crippen MR) is 151 cm³/mol. The van der Waals surface area contributed by atoms with Gasteiger partial charge in [0.05, 0.1) is 24.8 Å². The quantitative estimate of drug-likeness (QED) is 0.122. The molecule has 0 atom stereocenters. The summed E-state index contributed by atoms with van der Waals surface area (Å²) in [6, 6.07) is 31.6. The molecule has 4 rings (SSSR count). The van der Waals surface area contributed by atoms with Crippen LogP contribution in [0.25, 0.3) is 0 Å². The first-order chi connectivity index (χ1) is 18.6. The molecular weight excluding hydrogens is 496 g/mol. The molecule has 0 unspecified atom stereocenters. The molecule has 0 aliphatic heterocycles. The maximum atomic E-state index is 12.6. The van der Waals surface area contributed by atoms with E-state index < -0.39 is 0 Å². The van der Waals surface area contributed by atoms with Gasteiger partial charge in [0.15, 0.2) is 0 Å². The first-order valence-corrected chi connectivity index (χ1v) is 13.8. The van der Waals surface area contributed by atoms with E-state index in [1.54, 1.807) is 17.8 Å². The van der Waals surface area contributed by atoms with E-state index in [1.807, 2.05) is 73.7 Å². The van der Waals surface area contributed by atoms with Gasteiger partial charge >= 0.3 is 5.97 Å². The van der Waals surface area contributed by atoms with Crippen LogP contribution in [-0.4, -0.2) is 34.7 Å². The zero-order valence-electron chi connectivity index (χ0n) is 21.5. The Labute approximate surface area is 227 Å². The van der Waals surface area contributed by atoms with Gasteiger partial charge in [-0.1, -0.05) is 66.7 Å². The Balaban J connectivity index is 1.39. The number of carbonyl (C=O) groups excluding carboxylic acids is 1. The lowest BCUT2D eigenvalue weighted by Gasteiger charge is -2.18. The molecule has 4 aromatic rings. The third kappa shape index (κ3) is 7.83. The fraction of sp³-hybridized carbons (Fsp3) is 0.258. The van der Waals surface area contributed by atoms with E-state index in [0.29, 0.717) is 26.2 Å². The van der Waals surface area contributed by atoms with Crippen LogP contribution in [0.2, 0.25) is 0 Å². The summed E-state index contributed by atoms with van der Waals surface area (Å²) in [6.07, 6.45) is 1.18. The maximum Gasteiger partial charge on any atom is 0.305 e. The Hall–Kier alpha value is -3.84. The number of ether oxygens (including phenoxy) is 2. The molecule has 6 nitrogen and oxygen atoms in total. The molecule has 0 saturated carbocycles. The smallest absolute Gasteiger partial charge is 0.305 e. The number of benzene rings is 3. The zero-order chi connectivity index (χ0) is 26.6. The molecule has 0 saturated heterocycles. The molecular formula is C31H32N2O4S. The van der Waals surface area contributed by atoms with Crippen LogP contribution in [0.1, 0.15) is 42.5 Å². The SMILES string of the molecule is CCOC(=O)CCCSc1cccc(OCCn2nc(C(c3ccccc3)c3ccccc3)ccc2=O)c1. The summed E-state index contributed by atoms with van der Waals surface area (Å²) in [6.45, 7) is 2.87. The maximum absolute atomic E-state index is 12.6. The van der Waals surface area contributed by atoms with E-state index in [-0.39, 0.29) is 17.4 Å². The second-order valence-corrected chi connectivity index (χ2v) is 9.82. The number of carbonyl (C=O) groups is 1. The third-order valence-corrected chi connectivity index (χ3v) is 7.01. The molecule has 0 spiro atoms. The van der Waals surface area contributed by atoms with Gasteiger partial charge in [-0.2, -0.15) is 5.10 Å². The summed E-state index contributed by atoms with van der Waals surface area (Å²) >= 11 is 1.67. The lowest BCUT2D eigenvalue weighted by atomic mass is 9.88. The van der Waals surface area contributed by atoms with Crippen molar-refractivity contribution in [1.82, 2.24) is 9.78 Å². The minimum absolute atomic E-state index is 0.0808. The molecule has 0 aliphatic rings. The summed E-state index contributed by atoms with van der Waals surface area (Å²) in [7, 11) is 0. The van der Waals surface area contributed by atoms with Crippen molar-refractivity contribution in [1.29, 1.82) is 0 Å². The third-order valence-electron chi connectivity index (χ3n) is 5.93. The zero-order valence-corrected chi connectivity index (χ0v) is 22.3. The second kappa shape index (κ2) is 14.2. The molecule has 0 radical (unpaired) electrons. The van der Waals surface area contributed by atoms with Gasteiger partial charge < -0.3 is 9.47 Å². The predicted octanol–water partition coefficient (Wildman–Crippen LogP) is 5.94. The van der Waals surface area contributed by atoms with Gasteiger partial charge in [-0.15, -0.1) is 11.8 Å². The normalized spacial score (nSPS) is 10.9. The molecule has 3 aromatic carbocycles. The van der Waals surface area contributed by atoms with Crippen LogP contribution in [0, 0.1) is 0 Å². The summed E-state index contributed by atoms with van der Waals surface area (Å²) in [4.78, 5) is 25.2. The van der Waals surface area contributed by atoms with Gasteiger partial charge in [0.25, 0.3) is 5.56 Å². The lowest BCUT2D eigenvalue weighted by molar-refractivity contribution is -0.143. The van der Waals surface area contributed by atoms with Crippen LogP contribution in [0.5, 0.6) is 5.75 Å². The van der Waals surface area contributed by atoms with E-state index in [2.05, 4.69) is 24.3 Å². The molecule has 196 valence electrons. The Bertz CT molecular complexity index is 1320. The largest absolute Gasteiger partial charge is 0.492 e. The van der Waals surface area contributed by atoms with Crippen LogP contribution in [0.3, 0.4) is 0 Å². The molecule has 0 aliphatic carbocycles. The average Bonchev–Trinajstić information content (AvgIpc) is 2.94. The molecule has 0 N–H and O–H groups in total. The van der Waals surface area contributed by atoms with Crippen LogP contribution >= 0.6 is 11.8 Å². The second-order valence-electron chi connectivity index (χ2n) is 8.65. The highest BCUT2D eigenvalue weighted by molar-refractivity contribution is 7.99. The Kier molecular flexibility index (Phi) is 10.2. The summed E-state index contributed by atoms with van der Waals surface area (Å²) in [5.41, 5.74) is 2.87. The Morgan fingerprint density at radius 1 is 0.921 bits per heavy atom. The van der Waals surface area contributed by atoms with Crippen molar-refractivity contribution in [2.24, 2.45) is 0 Å². The van der Waals surface area contributed by atoms with Crippen LogP contribution in [-0.2, 0) is 16.1 Å². The van der Waals surface area contributed by atoms with Gasteiger partial charge in [0, 0.05) is 17.4 Å². The topological polar surface area (TPSA) is 70.4 Å².